The minimum absolute atomic E-state index is 0.0610. The Morgan fingerprint density at radius 3 is 2.62 bits per heavy atom. The lowest BCUT2D eigenvalue weighted by Gasteiger charge is -2.25. The molecule has 0 spiro atoms. The Morgan fingerprint density at radius 2 is 2.19 bits per heavy atom. The molecule has 0 saturated heterocycles. The summed E-state index contributed by atoms with van der Waals surface area (Å²) in [5.74, 6) is -0.242. The first-order chi connectivity index (χ1) is 7.49. The fourth-order valence-corrected chi connectivity index (χ4v) is 1.34. The monoisotopic (exact) mass is 228 g/mol. The second-order valence-corrected chi connectivity index (χ2v) is 4.30. The smallest absolute Gasteiger partial charge is 0.308 e. The predicted octanol–water partition coefficient (Wildman–Crippen LogP) is 2.68. The molecule has 3 heteroatoms. The molecule has 0 aromatic rings. The molecule has 0 aliphatic heterocycles. The highest BCUT2D eigenvalue weighted by Crippen LogP contribution is 2.20. The summed E-state index contributed by atoms with van der Waals surface area (Å²) in [6, 6.07) is 0. The number of esters is 1. The molecule has 0 heterocycles. The van der Waals surface area contributed by atoms with Crippen molar-refractivity contribution in [2.75, 3.05) is 6.61 Å². The van der Waals surface area contributed by atoms with Gasteiger partial charge in [0.05, 0.1) is 18.1 Å². The van der Waals surface area contributed by atoms with E-state index in [1.54, 1.807) is 6.08 Å². The van der Waals surface area contributed by atoms with Gasteiger partial charge < -0.3 is 9.84 Å². The summed E-state index contributed by atoms with van der Waals surface area (Å²) >= 11 is 0. The van der Waals surface area contributed by atoms with Crippen molar-refractivity contribution in [3.05, 3.63) is 12.7 Å². The molecule has 0 aromatic carbocycles. The van der Waals surface area contributed by atoms with Gasteiger partial charge in [-0.3, -0.25) is 4.79 Å². The van der Waals surface area contributed by atoms with Crippen molar-refractivity contribution < 1.29 is 14.6 Å². The number of hydrogen-bond donors (Lipinski definition) is 1. The van der Waals surface area contributed by atoms with Gasteiger partial charge >= 0.3 is 5.97 Å². The average Bonchev–Trinajstić information content (AvgIpc) is 2.28. The minimum Gasteiger partial charge on any atom is -0.465 e. The highest BCUT2D eigenvalue weighted by atomic mass is 16.5. The van der Waals surface area contributed by atoms with Crippen LogP contribution in [0.4, 0.5) is 0 Å². The van der Waals surface area contributed by atoms with E-state index in [-0.39, 0.29) is 18.5 Å². The Balaban J connectivity index is 3.95. The quantitative estimate of drug-likeness (QED) is 0.513. The third-order valence-corrected chi connectivity index (χ3v) is 3.01. The Morgan fingerprint density at radius 1 is 1.56 bits per heavy atom. The molecule has 94 valence electrons. The maximum atomic E-state index is 11.4. The number of aliphatic hydroxyl groups is 1. The highest BCUT2D eigenvalue weighted by Gasteiger charge is 2.23. The van der Waals surface area contributed by atoms with E-state index < -0.39 is 5.60 Å². The summed E-state index contributed by atoms with van der Waals surface area (Å²) in [7, 11) is 0. The largest absolute Gasteiger partial charge is 0.465 e. The van der Waals surface area contributed by atoms with Gasteiger partial charge in [0.15, 0.2) is 0 Å². The summed E-state index contributed by atoms with van der Waals surface area (Å²) in [5.41, 5.74) is -0.780. The van der Waals surface area contributed by atoms with Gasteiger partial charge in [-0.15, -0.1) is 6.58 Å². The lowest BCUT2D eigenvalue weighted by Crippen LogP contribution is -2.29. The second-order valence-electron chi connectivity index (χ2n) is 4.30. The van der Waals surface area contributed by atoms with Crippen molar-refractivity contribution in [3.8, 4) is 0 Å². The maximum absolute atomic E-state index is 11.4. The van der Waals surface area contributed by atoms with E-state index in [4.69, 9.17) is 4.74 Å². The highest BCUT2D eigenvalue weighted by molar-refractivity contribution is 5.71. The number of ether oxygens (including phenoxy) is 1. The van der Waals surface area contributed by atoms with Gasteiger partial charge in [-0.2, -0.15) is 0 Å². The van der Waals surface area contributed by atoms with Crippen LogP contribution in [0, 0.1) is 5.92 Å². The Bertz CT molecular complexity index is 225. The molecular formula is C13H24O3. The van der Waals surface area contributed by atoms with Crippen molar-refractivity contribution in [3.63, 3.8) is 0 Å². The van der Waals surface area contributed by atoms with Crippen LogP contribution in [0.2, 0.25) is 0 Å². The van der Waals surface area contributed by atoms with Gasteiger partial charge in [-0.05, 0) is 19.3 Å². The van der Waals surface area contributed by atoms with Crippen molar-refractivity contribution >= 4 is 5.97 Å². The van der Waals surface area contributed by atoms with Crippen molar-refractivity contribution in [2.24, 2.45) is 5.92 Å². The van der Waals surface area contributed by atoms with E-state index in [1.165, 1.54) is 0 Å². The number of hydrogen-bond acceptors (Lipinski definition) is 3. The maximum Gasteiger partial charge on any atom is 0.308 e. The van der Waals surface area contributed by atoms with Crippen LogP contribution in [0.3, 0.4) is 0 Å². The van der Waals surface area contributed by atoms with Gasteiger partial charge in [0.25, 0.3) is 0 Å². The first-order valence-electron chi connectivity index (χ1n) is 5.99. The van der Waals surface area contributed by atoms with E-state index in [9.17, 15) is 9.90 Å². The van der Waals surface area contributed by atoms with Crippen molar-refractivity contribution in [2.45, 2.75) is 52.1 Å². The van der Waals surface area contributed by atoms with Crippen LogP contribution in [0.25, 0.3) is 0 Å². The Kier molecular flexibility index (Phi) is 7.06. The van der Waals surface area contributed by atoms with Gasteiger partial charge in [-0.25, -0.2) is 0 Å². The molecule has 0 radical (unpaired) electrons. The van der Waals surface area contributed by atoms with E-state index in [1.807, 2.05) is 20.8 Å². The van der Waals surface area contributed by atoms with Crippen LogP contribution in [-0.2, 0) is 9.53 Å². The van der Waals surface area contributed by atoms with E-state index in [0.29, 0.717) is 19.3 Å². The third kappa shape index (κ3) is 5.31. The van der Waals surface area contributed by atoms with Crippen molar-refractivity contribution in [1.82, 2.24) is 0 Å². The third-order valence-electron chi connectivity index (χ3n) is 3.01. The number of rotatable bonds is 8. The first-order valence-corrected chi connectivity index (χ1v) is 5.99. The van der Waals surface area contributed by atoms with Crippen molar-refractivity contribution in [1.29, 1.82) is 0 Å². The standard InChI is InChI=1S/C13H24O3/c1-5-8-13(15,7-3)9-10-16-12(14)11(4)6-2/h5,11,15H,1,6-10H2,2-4H3. The number of carbonyl (C=O) groups excluding carboxylic acids is 1. The van der Waals surface area contributed by atoms with Gasteiger partial charge in [-0.1, -0.05) is 26.8 Å². The van der Waals surface area contributed by atoms with Crippen LogP contribution in [0.1, 0.15) is 46.5 Å². The summed E-state index contributed by atoms with van der Waals surface area (Å²) < 4.78 is 5.11. The molecule has 0 bridgehead atoms. The van der Waals surface area contributed by atoms with Gasteiger partial charge in [0.1, 0.15) is 0 Å². The molecular weight excluding hydrogens is 204 g/mol. The molecule has 0 aromatic heterocycles. The van der Waals surface area contributed by atoms with Crippen LogP contribution in [-0.4, -0.2) is 23.3 Å². The summed E-state index contributed by atoms with van der Waals surface area (Å²) in [5, 5.41) is 10.1. The molecule has 0 aliphatic carbocycles. The van der Waals surface area contributed by atoms with Crippen LogP contribution in [0.15, 0.2) is 12.7 Å². The van der Waals surface area contributed by atoms with Gasteiger partial charge in [0.2, 0.25) is 0 Å². The van der Waals surface area contributed by atoms with Crippen LogP contribution in [0.5, 0.6) is 0 Å². The summed E-state index contributed by atoms with van der Waals surface area (Å²) in [6.07, 6.45) is 4.12. The molecule has 16 heavy (non-hydrogen) atoms. The molecule has 0 amide bonds. The van der Waals surface area contributed by atoms with Crippen LogP contribution < -0.4 is 0 Å². The van der Waals surface area contributed by atoms with E-state index in [2.05, 4.69) is 6.58 Å². The average molecular weight is 228 g/mol. The minimum atomic E-state index is -0.780. The molecule has 3 nitrogen and oxygen atoms in total. The SMILES string of the molecule is C=CCC(O)(CC)CCOC(=O)C(C)CC. The van der Waals surface area contributed by atoms with Gasteiger partial charge in [0, 0.05) is 6.42 Å². The first kappa shape index (κ1) is 15.2. The zero-order chi connectivity index (χ0) is 12.6. The topological polar surface area (TPSA) is 46.5 Å². The second kappa shape index (κ2) is 7.44. The summed E-state index contributed by atoms with van der Waals surface area (Å²) in [4.78, 5) is 11.4. The number of carbonyl (C=O) groups is 1. The molecule has 1 N–H and O–H groups in total. The lowest BCUT2D eigenvalue weighted by molar-refractivity contribution is -0.149. The molecule has 2 atom stereocenters. The molecule has 2 unspecified atom stereocenters. The summed E-state index contributed by atoms with van der Waals surface area (Å²) in [6.45, 7) is 9.60. The Hall–Kier alpha value is -0.830. The fourth-order valence-electron chi connectivity index (χ4n) is 1.34. The Labute approximate surface area is 98.5 Å². The molecule has 0 aliphatic rings. The van der Waals surface area contributed by atoms with Crippen LogP contribution >= 0.6 is 0 Å². The molecule has 0 fully saturated rings. The molecule has 0 rings (SSSR count). The molecule has 0 saturated carbocycles. The zero-order valence-corrected chi connectivity index (χ0v) is 10.7. The normalized spacial score (nSPS) is 16.2. The fraction of sp³-hybridized carbons (Fsp3) is 0.769. The predicted molar refractivity (Wildman–Crippen MR) is 65.1 cm³/mol. The zero-order valence-electron chi connectivity index (χ0n) is 10.7. The van der Waals surface area contributed by atoms with E-state index >= 15 is 0 Å². The lowest BCUT2D eigenvalue weighted by atomic mass is 9.93. The van der Waals surface area contributed by atoms with E-state index in [0.717, 1.165) is 6.42 Å².